The number of nitrogens with one attached hydrogen (secondary N) is 1. The van der Waals surface area contributed by atoms with Crippen LogP contribution in [0.4, 0.5) is 15.9 Å². The number of hydrogen-bond acceptors (Lipinski definition) is 5. The number of pyridine rings is 1. The van der Waals surface area contributed by atoms with Gasteiger partial charge in [-0.3, -0.25) is 4.98 Å². The molecular weight excluding hydrogens is 415 g/mol. The van der Waals surface area contributed by atoms with E-state index < -0.39 is 0 Å². The van der Waals surface area contributed by atoms with Crippen LogP contribution >= 0.6 is 11.6 Å². The summed E-state index contributed by atoms with van der Waals surface area (Å²) in [7, 11) is 0. The number of ether oxygens (including phenoxy) is 1. The van der Waals surface area contributed by atoms with Crippen LogP contribution in [0.15, 0.2) is 79.5 Å². The molecule has 1 N–H and O–H groups in total. The summed E-state index contributed by atoms with van der Waals surface area (Å²) in [5, 5.41) is 3.69. The number of anilines is 2. The van der Waals surface area contributed by atoms with Crippen molar-refractivity contribution in [1.82, 2.24) is 15.0 Å². The summed E-state index contributed by atoms with van der Waals surface area (Å²) in [4.78, 5) is 12.4. The molecule has 2 aromatic carbocycles. The van der Waals surface area contributed by atoms with Crippen LogP contribution in [0.5, 0.6) is 5.75 Å². The molecule has 154 valence electrons. The predicted molar refractivity (Wildman–Crippen MR) is 121 cm³/mol. The Labute approximate surface area is 184 Å². The molecule has 5 nitrogen and oxygen atoms in total. The molecule has 0 fully saturated rings. The van der Waals surface area contributed by atoms with E-state index in [1.54, 1.807) is 42.9 Å². The maximum absolute atomic E-state index is 13.3. The molecule has 0 saturated heterocycles. The molecule has 0 bridgehead atoms. The quantitative estimate of drug-likeness (QED) is 0.379. The van der Waals surface area contributed by atoms with Crippen molar-refractivity contribution in [2.75, 3.05) is 5.32 Å². The van der Waals surface area contributed by atoms with Gasteiger partial charge in [0.15, 0.2) is 0 Å². The van der Waals surface area contributed by atoms with E-state index in [2.05, 4.69) is 20.3 Å². The average molecular weight is 433 g/mol. The minimum Gasteiger partial charge on any atom is -0.487 e. The fourth-order valence-electron chi connectivity index (χ4n) is 2.85. The fourth-order valence-corrected chi connectivity index (χ4v) is 3.08. The van der Waals surface area contributed by atoms with E-state index in [9.17, 15) is 4.39 Å². The lowest BCUT2D eigenvalue weighted by Crippen LogP contribution is -1.99. The van der Waals surface area contributed by atoms with Crippen molar-refractivity contribution < 1.29 is 9.13 Å². The minimum atomic E-state index is -0.301. The van der Waals surface area contributed by atoms with Gasteiger partial charge in [0.2, 0.25) is 0 Å². The Morgan fingerprint density at radius 3 is 2.68 bits per heavy atom. The molecule has 31 heavy (non-hydrogen) atoms. The second kappa shape index (κ2) is 9.82. The highest BCUT2D eigenvalue weighted by atomic mass is 35.5. The molecule has 0 amide bonds. The van der Waals surface area contributed by atoms with E-state index in [1.165, 1.54) is 18.5 Å². The molecule has 4 aromatic rings. The summed E-state index contributed by atoms with van der Waals surface area (Å²) in [6, 6.07) is 15.4. The topological polar surface area (TPSA) is 59.9 Å². The monoisotopic (exact) mass is 432 g/mol. The molecule has 2 aromatic heterocycles. The Bertz CT molecular complexity index is 1200. The molecule has 2 heterocycles. The third-order valence-electron chi connectivity index (χ3n) is 4.38. The SMILES string of the molecule is Fc1cccc(COc2ccc(Nc3ncncc3/C=C/c3ccncc3)cc2Cl)c1. The summed E-state index contributed by atoms with van der Waals surface area (Å²) >= 11 is 6.38. The van der Waals surface area contributed by atoms with E-state index in [0.29, 0.717) is 16.6 Å². The molecule has 0 unspecified atom stereocenters. The Kier molecular flexibility index (Phi) is 6.50. The number of benzene rings is 2. The molecular formula is C24H18ClFN4O. The number of halogens is 2. The van der Waals surface area contributed by atoms with Gasteiger partial charge in [-0.25, -0.2) is 14.4 Å². The van der Waals surface area contributed by atoms with Gasteiger partial charge in [0, 0.05) is 29.8 Å². The largest absolute Gasteiger partial charge is 0.487 e. The summed E-state index contributed by atoms with van der Waals surface area (Å²) in [5.41, 5.74) is 3.32. The summed E-state index contributed by atoms with van der Waals surface area (Å²) < 4.78 is 19.0. The Balaban J connectivity index is 1.46. The maximum Gasteiger partial charge on any atom is 0.141 e. The van der Waals surface area contributed by atoms with Crippen LogP contribution in [0.2, 0.25) is 5.02 Å². The van der Waals surface area contributed by atoms with Crippen molar-refractivity contribution in [2.24, 2.45) is 0 Å². The maximum atomic E-state index is 13.3. The van der Waals surface area contributed by atoms with Gasteiger partial charge in [-0.05, 0) is 59.7 Å². The van der Waals surface area contributed by atoms with Gasteiger partial charge in [-0.1, -0.05) is 29.8 Å². The lowest BCUT2D eigenvalue weighted by Gasteiger charge is -2.12. The van der Waals surface area contributed by atoms with Crippen LogP contribution in [-0.2, 0) is 6.61 Å². The number of rotatable bonds is 7. The van der Waals surface area contributed by atoms with Gasteiger partial charge < -0.3 is 10.1 Å². The second-order valence-electron chi connectivity index (χ2n) is 6.63. The number of nitrogens with zero attached hydrogens (tertiary/aromatic N) is 3. The highest BCUT2D eigenvalue weighted by Crippen LogP contribution is 2.30. The average Bonchev–Trinajstić information content (AvgIpc) is 2.79. The molecule has 7 heteroatoms. The lowest BCUT2D eigenvalue weighted by atomic mass is 10.2. The third-order valence-corrected chi connectivity index (χ3v) is 4.68. The normalized spacial score (nSPS) is 10.9. The first-order valence-electron chi connectivity index (χ1n) is 9.49. The Morgan fingerprint density at radius 1 is 1.00 bits per heavy atom. The van der Waals surface area contributed by atoms with Crippen molar-refractivity contribution in [2.45, 2.75) is 6.61 Å². The number of hydrogen-bond donors (Lipinski definition) is 1. The third kappa shape index (κ3) is 5.65. The Hall–Kier alpha value is -3.77. The molecule has 0 atom stereocenters. The van der Waals surface area contributed by atoms with Gasteiger partial charge >= 0.3 is 0 Å². The molecule has 0 spiro atoms. The molecule has 0 aliphatic rings. The first-order chi connectivity index (χ1) is 15.2. The van der Waals surface area contributed by atoms with E-state index in [4.69, 9.17) is 16.3 Å². The van der Waals surface area contributed by atoms with Crippen LogP contribution in [0.25, 0.3) is 12.2 Å². The van der Waals surface area contributed by atoms with Gasteiger partial charge in [0.1, 0.15) is 30.3 Å². The lowest BCUT2D eigenvalue weighted by molar-refractivity contribution is 0.306. The van der Waals surface area contributed by atoms with E-state index in [-0.39, 0.29) is 12.4 Å². The predicted octanol–water partition coefficient (Wildman–Crippen LogP) is 6.16. The molecule has 0 saturated carbocycles. The van der Waals surface area contributed by atoms with Gasteiger partial charge in [-0.2, -0.15) is 0 Å². The van der Waals surface area contributed by atoms with E-state index in [1.807, 2.05) is 30.4 Å². The Morgan fingerprint density at radius 2 is 1.87 bits per heavy atom. The highest BCUT2D eigenvalue weighted by molar-refractivity contribution is 6.32. The van der Waals surface area contributed by atoms with Crippen LogP contribution in [0.3, 0.4) is 0 Å². The van der Waals surface area contributed by atoms with Crippen molar-refractivity contribution in [3.63, 3.8) is 0 Å². The van der Waals surface area contributed by atoms with Crippen LogP contribution in [-0.4, -0.2) is 15.0 Å². The minimum absolute atomic E-state index is 0.222. The van der Waals surface area contributed by atoms with Crippen LogP contribution in [0.1, 0.15) is 16.7 Å². The first-order valence-corrected chi connectivity index (χ1v) is 9.87. The van der Waals surface area contributed by atoms with Crippen molar-refractivity contribution in [3.8, 4) is 5.75 Å². The zero-order valence-electron chi connectivity index (χ0n) is 16.4. The summed E-state index contributed by atoms with van der Waals surface area (Å²) in [6.45, 7) is 0.222. The standard InChI is InChI=1S/C24H18ClFN4O/c25-22-13-21(6-7-23(22)31-15-18-2-1-3-20(26)12-18)30-24-19(14-28-16-29-24)5-4-17-8-10-27-11-9-17/h1-14,16H,15H2,(H,28,29,30)/b5-4+. The van der Waals surface area contributed by atoms with Crippen molar-refractivity contribution in [1.29, 1.82) is 0 Å². The number of aromatic nitrogens is 3. The zero-order chi connectivity index (χ0) is 21.5. The molecule has 0 aliphatic carbocycles. The molecule has 0 aliphatic heterocycles. The van der Waals surface area contributed by atoms with E-state index in [0.717, 1.165) is 22.4 Å². The van der Waals surface area contributed by atoms with Crippen molar-refractivity contribution >= 4 is 35.3 Å². The second-order valence-corrected chi connectivity index (χ2v) is 7.04. The summed E-state index contributed by atoms with van der Waals surface area (Å²) in [5.74, 6) is 0.854. The smallest absolute Gasteiger partial charge is 0.141 e. The van der Waals surface area contributed by atoms with Crippen LogP contribution < -0.4 is 10.1 Å². The van der Waals surface area contributed by atoms with E-state index >= 15 is 0 Å². The van der Waals surface area contributed by atoms with Gasteiger partial charge in [0.25, 0.3) is 0 Å². The molecule has 0 radical (unpaired) electrons. The molecule has 4 rings (SSSR count). The van der Waals surface area contributed by atoms with Gasteiger partial charge in [-0.15, -0.1) is 0 Å². The fraction of sp³-hybridized carbons (Fsp3) is 0.0417. The zero-order valence-corrected chi connectivity index (χ0v) is 17.1. The summed E-state index contributed by atoms with van der Waals surface area (Å²) in [6.07, 6.45) is 10.6. The first kappa shape index (κ1) is 20.5. The highest BCUT2D eigenvalue weighted by Gasteiger charge is 2.07. The van der Waals surface area contributed by atoms with Crippen LogP contribution in [0, 0.1) is 5.82 Å². The van der Waals surface area contributed by atoms with Gasteiger partial charge in [0.05, 0.1) is 5.02 Å². The van der Waals surface area contributed by atoms with Crippen molar-refractivity contribution in [3.05, 3.63) is 107 Å².